The Kier molecular flexibility index (Phi) is 4.30. The number of rotatable bonds is 3. The maximum atomic E-state index is 12.7. The number of halogens is 4. The minimum absolute atomic E-state index is 0.564. The average molecular weight is 329 g/mol. The fourth-order valence-corrected chi connectivity index (χ4v) is 2.41. The molecule has 19 heavy (non-hydrogen) atoms. The number of benzene rings is 2. The van der Waals surface area contributed by atoms with Crippen LogP contribution in [0, 0.1) is 0 Å². The van der Waals surface area contributed by atoms with Crippen molar-refractivity contribution in [3.8, 4) is 11.1 Å². The van der Waals surface area contributed by atoms with E-state index in [2.05, 4.69) is 15.9 Å². The molecule has 0 fully saturated rings. The van der Waals surface area contributed by atoms with Crippen LogP contribution < -0.4 is 0 Å². The van der Waals surface area contributed by atoms with Gasteiger partial charge in [0.05, 0.1) is 5.56 Å². The lowest BCUT2D eigenvalue weighted by atomic mass is 9.96. The molecule has 4 heteroatoms. The minimum Gasteiger partial charge on any atom is -0.166 e. The molecule has 0 bridgehead atoms. The van der Waals surface area contributed by atoms with Gasteiger partial charge >= 0.3 is 6.18 Å². The fraction of sp³-hybridized carbons (Fsp3) is 0.200. The lowest BCUT2D eigenvalue weighted by Gasteiger charge is -2.13. The van der Waals surface area contributed by atoms with E-state index in [1.807, 2.05) is 30.3 Å². The molecule has 0 aliphatic heterocycles. The molecular weight excluding hydrogens is 317 g/mol. The van der Waals surface area contributed by atoms with Crippen LogP contribution in [0.4, 0.5) is 13.2 Å². The smallest absolute Gasteiger partial charge is 0.166 e. The highest BCUT2D eigenvalue weighted by molar-refractivity contribution is 9.09. The van der Waals surface area contributed by atoms with Crippen LogP contribution in [0.2, 0.25) is 0 Å². The second-order valence-electron chi connectivity index (χ2n) is 4.17. The van der Waals surface area contributed by atoms with Crippen LogP contribution in [0.3, 0.4) is 0 Å². The summed E-state index contributed by atoms with van der Waals surface area (Å²) in [6, 6.07) is 13.4. The third-order valence-corrected chi connectivity index (χ3v) is 3.28. The largest absolute Gasteiger partial charge is 0.416 e. The Morgan fingerprint density at radius 1 is 0.947 bits per heavy atom. The number of hydrogen-bond donors (Lipinski definition) is 0. The Labute approximate surface area is 118 Å². The van der Waals surface area contributed by atoms with Crippen molar-refractivity contribution in [3.05, 3.63) is 59.7 Å². The van der Waals surface area contributed by atoms with Crippen LogP contribution >= 0.6 is 15.9 Å². The van der Waals surface area contributed by atoms with Crippen molar-refractivity contribution in [2.45, 2.75) is 12.6 Å². The van der Waals surface area contributed by atoms with Gasteiger partial charge in [-0.05, 0) is 35.2 Å². The van der Waals surface area contributed by atoms with Crippen LogP contribution in [0.5, 0.6) is 0 Å². The second-order valence-corrected chi connectivity index (χ2v) is 4.97. The standard InChI is InChI=1S/C15H12BrF3/c16-9-8-12-10-13(15(17,18)19)6-7-14(12)11-4-2-1-3-5-11/h1-7,10H,8-9H2. The van der Waals surface area contributed by atoms with Gasteiger partial charge in [0.15, 0.2) is 0 Å². The quantitative estimate of drug-likeness (QED) is 0.670. The third kappa shape index (κ3) is 3.38. The number of aryl methyl sites for hydroxylation is 1. The molecule has 0 N–H and O–H groups in total. The van der Waals surface area contributed by atoms with Crippen molar-refractivity contribution in [2.75, 3.05) is 5.33 Å². The van der Waals surface area contributed by atoms with E-state index < -0.39 is 11.7 Å². The highest BCUT2D eigenvalue weighted by atomic mass is 79.9. The Morgan fingerprint density at radius 3 is 2.21 bits per heavy atom. The van der Waals surface area contributed by atoms with Gasteiger partial charge in [-0.15, -0.1) is 0 Å². The van der Waals surface area contributed by atoms with Gasteiger partial charge in [0, 0.05) is 5.33 Å². The molecule has 0 radical (unpaired) electrons. The van der Waals surface area contributed by atoms with Gasteiger partial charge in [-0.2, -0.15) is 13.2 Å². The van der Waals surface area contributed by atoms with Gasteiger partial charge in [0.2, 0.25) is 0 Å². The molecule has 0 unspecified atom stereocenters. The SMILES string of the molecule is FC(F)(F)c1ccc(-c2ccccc2)c(CCBr)c1. The molecule has 0 atom stereocenters. The van der Waals surface area contributed by atoms with Crippen LogP contribution in [0.25, 0.3) is 11.1 Å². The predicted molar refractivity (Wildman–Crippen MR) is 74.4 cm³/mol. The minimum atomic E-state index is -4.30. The van der Waals surface area contributed by atoms with E-state index >= 15 is 0 Å². The zero-order valence-electron chi connectivity index (χ0n) is 10.0. The van der Waals surface area contributed by atoms with E-state index in [4.69, 9.17) is 0 Å². The fourth-order valence-electron chi connectivity index (χ4n) is 1.98. The van der Waals surface area contributed by atoms with E-state index in [1.165, 1.54) is 6.07 Å². The molecule has 0 amide bonds. The number of alkyl halides is 4. The van der Waals surface area contributed by atoms with Gasteiger partial charge in [-0.3, -0.25) is 0 Å². The van der Waals surface area contributed by atoms with Gasteiger partial charge in [0.25, 0.3) is 0 Å². The molecule has 0 aliphatic rings. The summed E-state index contributed by atoms with van der Waals surface area (Å²) in [5.41, 5.74) is 1.90. The van der Waals surface area contributed by atoms with Gasteiger partial charge in [0.1, 0.15) is 0 Å². The van der Waals surface area contributed by atoms with E-state index in [0.29, 0.717) is 17.3 Å². The first-order chi connectivity index (χ1) is 9.02. The number of hydrogen-bond acceptors (Lipinski definition) is 0. The summed E-state index contributed by atoms with van der Waals surface area (Å²) in [6.07, 6.45) is -3.73. The van der Waals surface area contributed by atoms with Crippen LogP contribution in [0.1, 0.15) is 11.1 Å². The molecule has 0 saturated carbocycles. The van der Waals surface area contributed by atoms with Crippen molar-refractivity contribution >= 4 is 15.9 Å². The summed E-state index contributed by atoms with van der Waals surface area (Å²) in [5, 5.41) is 0.633. The molecule has 100 valence electrons. The zero-order chi connectivity index (χ0) is 13.9. The summed E-state index contributed by atoms with van der Waals surface area (Å²) in [4.78, 5) is 0. The molecule has 2 aromatic rings. The summed E-state index contributed by atoms with van der Waals surface area (Å²) < 4.78 is 38.2. The molecule has 2 rings (SSSR count). The second kappa shape index (κ2) is 5.78. The van der Waals surface area contributed by atoms with Crippen LogP contribution in [-0.2, 0) is 12.6 Å². The predicted octanol–water partition coefficient (Wildman–Crippen LogP) is 5.31. The Bertz CT molecular complexity index is 547. The summed E-state index contributed by atoms with van der Waals surface area (Å²) in [7, 11) is 0. The normalized spacial score (nSPS) is 11.6. The first-order valence-electron chi connectivity index (χ1n) is 5.84. The molecule has 0 saturated heterocycles. The third-order valence-electron chi connectivity index (χ3n) is 2.88. The van der Waals surface area contributed by atoms with Gasteiger partial charge < -0.3 is 0 Å². The van der Waals surface area contributed by atoms with Crippen LogP contribution in [-0.4, -0.2) is 5.33 Å². The summed E-state index contributed by atoms with van der Waals surface area (Å²) >= 11 is 3.29. The van der Waals surface area contributed by atoms with E-state index in [1.54, 1.807) is 6.07 Å². The molecule has 0 spiro atoms. The Morgan fingerprint density at radius 2 is 1.63 bits per heavy atom. The lowest BCUT2D eigenvalue weighted by Crippen LogP contribution is -2.06. The average Bonchev–Trinajstić information content (AvgIpc) is 2.39. The first-order valence-corrected chi connectivity index (χ1v) is 6.96. The van der Waals surface area contributed by atoms with Crippen molar-refractivity contribution in [3.63, 3.8) is 0 Å². The Balaban J connectivity index is 2.50. The van der Waals surface area contributed by atoms with E-state index in [0.717, 1.165) is 17.2 Å². The highest BCUT2D eigenvalue weighted by Gasteiger charge is 2.30. The summed E-state index contributed by atoms with van der Waals surface area (Å²) in [6.45, 7) is 0. The topological polar surface area (TPSA) is 0 Å². The molecule has 0 aliphatic carbocycles. The monoisotopic (exact) mass is 328 g/mol. The van der Waals surface area contributed by atoms with Crippen molar-refractivity contribution in [1.29, 1.82) is 0 Å². The maximum Gasteiger partial charge on any atom is 0.416 e. The highest BCUT2D eigenvalue weighted by Crippen LogP contribution is 2.33. The molecule has 0 aromatic heterocycles. The maximum absolute atomic E-state index is 12.7. The van der Waals surface area contributed by atoms with Gasteiger partial charge in [-0.1, -0.05) is 52.3 Å². The van der Waals surface area contributed by atoms with Crippen molar-refractivity contribution < 1.29 is 13.2 Å². The zero-order valence-corrected chi connectivity index (χ0v) is 11.6. The van der Waals surface area contributed by atoms with Gasteiger partial charge in [-0.25, -0.2) is 0 Å². The molecule has 0 nitrogen and oxygen atoms in total. The van der Waals surface area contributed by atoms with Crippen molar-refractivity contribution in [1.82, 2.24) is 0 Å². The lowest BCUT2D eigenvalue weighted by molar-refractivity contribution is -0.137. The van der Waals surface area contributed by atoms with E-state index in [9.17, 15) is 13.2 Å². The van der Waals surface area contributed by atoms with E-state index in [-0.39, 0.29) is 0 Å². The van der Waals surface area contributed by atoms with Crippen LogP contribution in [0.15, 0.2) is 48.5 Å². The summed E-state index contributed by atoms with van der Waals surface area (Å²) in [5.74, 6) is 0. The molecule has 0 heterocycles. The Hall–Kier alpha value is -1.29. The molecule has 2 aromatic carbocycles. The molecular formula is C15H12BrF3. The first kappa shape index (κ1) is 14.1. The van der Waals surface area contributed by atoms with Crippen molar-refractivity contribution in [2.24, 2.45) is 0 Å².